The molecule has 1 heterocycles. The van der Waals surface area contributed by atoms with Gasteiger partial charge in [0, 0.05) is 39.5 Å². The molecular weight excluding hydrogens is 326 g/mol. The standard InChI is InChI=1S/C17H30ClN5O/c1-4-19-17(20-9-5-11-23(2)12-13-24-3)21-10-8-15-6-7-16(18)22-14-15/h6-7,14H,4-5,8-13H2,1-3H3,(H2,19,20,21). The lowest BCUT2D eigenvalue weighted by Gasteiger charge is -2.15. The largest absolute Gasteiger partial charge is 0.383 e. The lowest BCUT2D eigenvalue weighted by molar-refractivity contribution is 0.161. The van der Waals surface area contributed by atoms with Gasteiger partial charge < -0.3 is 20.3 Å². The number of halogens is 1. The molecule has 0 fully saturated rings. The lowest BCUT2D eigenvalue weighted by atomic mass is 10.2. The molecule has 0 aliphatic carbocycles. The molecule has 1 aromatic rings. The minimum absolute atomic E-state index is 0.525. The summed E-state index contributed by atoms with van der Waals surface area (Å²) in [4.78, 5) is 11.0. The summed E-state index contributed by atoms with van der Waals surface area (Å²) in [5.74, 6) is 0.860. The van der Waals surface area contributed by atoms with Crippen LogP contribution in [0.4, 0.5) is 0 Å². The van der Waals surface area contributed by atoms with E-state index in [1.54, 1.807) is 7.11 Å². The van der Waals surface area contributed by atoms with E-state index in [0.717, 1.165) is 63.7 Å². The average Bonchev–Trinajstić information content (AvgIpc) is 2.58. The van der Waals surface area contributed by atoms with Gasteiger partial charge in [0.1, 0.15) is 5.15 Å². The van der Waals surface area contributed by atoms with Crippen molar-refractivity contribution in [2.24, 2.45) is 4.99 Å². The van der Waals surface area contributed by atoms with Crippen LogP contribution >= 0.6 is 11.6 Å². The molecule has 7 heteroatoms. The molecule has 1 rings (SSSR count). The van der Waals surface area contributed by atoms with Crippen molar-refractivity contribution in [1.29, 1.82) is 0 Å². The summed E-state index contributed by atoms with van der Waals surface area (Å²) >= 11 is 5.79. The summed E-state index contributed by atoms with van der Waals surface area (Å²) in [7, 11) is 3.83. The Morgan fingerprint density at radius 2 is 2.17 bits per heavy atom. The van der Waals surface area contributed by atoms with Crippen molar-refractivity contribution in [3.8, 4) is 0 Å². The number of nitrogens with zero attached hydrogens (tertiary/aromatic N) is 3. The van der Waals surface area contributed by atoms with Crippen LogP contribution in [0, 0.1) is 0 Å². The van der Waals surface area contributed by atoms with Gasteiger partial charge in [-0.25, -0.2) is 4.98 Å². The molecule has 0 saturated carbocycles. The summed E-state index contributed by atoms with van der Waals surface area (Å²) < 4.78 is 5.08. The van der Waals surface area contributed by atoms with Gasteiger partial charge in [0.2, 0.25) is 0 Å². The highest BCUT2D eigenvalue weighted by Crippen LogP contribution is 2.05. The van der Waals surface area contributed by atoms with Crippen molar-refractivity contribution >= 4 is 17.6 Å². The van der Waals surface area contributed by atoms with Crippen LogP contribution in [0.1, 0.15) is 18.9 Å². The molecule has 0 aliphatic heterocycles. The normalized spacial score (nSPS) is 11.8. The van der Waals surface area contributed by atoms with Crippen molar-refractivity contribution in [2.75, 3.05) is 53.5 Å². The predicted molar refractivity (Wildman–Crippen MR) is 101 cm³/mol. The van der Waals surface area contributed by atoms with E-state index in [9.17, 15) is 0 Å². The Bertz CT molecular complexity index is 467. The van der Waals surface area contributed by atoms with Crippen LogP contribution in [0.5, 0.6) is 0 Å². The van der Waals surface area contributed by atoms with Crippen molar-refractivity contribution in [3.63, 3.8) is 0 Å². The smallest absolute Gasteiger partial charge is 0.191 e. The number of guanidine groups is 1. The predicted octanol–water partition coefficient (Wildman–Crippen LogP) is 1.80. The fourth-order valence-corrected chi connectivity index (χ4v) is 2.22. The summed E-state index contributed by atoms with van der Waals surface area (Å²) in [5, 5.41) is 7.14. The van der Waals surface area contributed by atoms with Crippen molar-refractivity contribution in [1.82, 2.24) is 20.5 Å². The Hall–Kier alpha value is -1.37. The van der Waals surface area contributed by atoms with E-state index in [4.69, 9.17) is 16.3 Å². The molecule has 0 spiro atoms. The first-order valence-electron chi connectivity index (χ1n) is 8.45. The quantitative estimate of drug-likeness (QED) is 0.274. The van der Waals surface area contributed by atoms with Crippen LogP contribution in [-0.2, 0) is 11.2 Å². The number of aromatic nitrogens is 1. The molecule has 0 unspecified atom stereocenters. The Kier molecular flexibility index (Phi) is 11.2. The average molecular weight is 356 g/mol. The molecular formula is C17H30ClN5O. The van der Waals surface area contributed by atoms with Gasteiger partial charge in [0.15, 0.2) is 5.96 Å². The van der Waals surface area contributed by atoms with Crippen molar-refractivity contribution in [3.05, 3.63) is 29.0 Å². The van der Waals surface area contributed by atoms with Gasteiger partial charge in [-0.15, -0.1) is 0 Å². The molecule has 0 aromatic carbocycles. The van der Waals surface area contributed by atoms with Gasteiger partial charge in [-0.2, -0.15) is 0 Å². The maximum absolute atomic E-state index is 5.79. The molecule has 2 N–H and O–H groups in total. The van der Waals surface area contributed by atoms with Crippen LogP contribution in [0.25, 0.3) is 0 Å². The third kappa shape index (κ3) is 9.70. The Balaban J connectivity index is 2.27. The number of likely N-dealkylation sites (N-methyl/N-ethyl adjacent to an activating group) is 1. The number of methoxy groups -OCH3 is 1. The van der Waals surface area contributed by atoms with Crippen LogP contribution in [-0.4, -0.2) is 69.3 Å². The van der Waals surface area contributed by atoms with Gasteiger partial charge in [0.05, 0.1) is 6.61 Å². The van der Waals surface area contributed by atoms with E-state index in [1.807, 2.05) is 18.3 Å². The topological polar surface area (TPSA) is 61.8 Å². The van der Waals surface area contributed by atoms with E-state index in [1.165, 1.54) is 0 Å². The zero-order valence-electron chi connectivity index (χ0n) is 15.0. The fraction of sp³-hybridized carbons (Fsp3) is 0.647. The maximum Gasteiger partial charge on any atom is 0.191 e. The Morgan fingerprint density at radius 1 is 1.33 bits per heavy atom. The van der Waals surface area contributed by atoms with Crippen LogP contribution in [0.3, 0.4) is 0 Å². The third-order valence-corrected chi connectivity index (χ3v) is 3.71. The van der Waals surface area contributed by atoms with E-state index >= 15 is 0 Å². The number of hydrogen-bond donors (Lipinski definition) is 2. The van der Waals surface area contributed by atoms with Crippen LogP contribution in [0.2, 0.25) is 5.15 Å². The van der Waals surface area contributed by atoms with Gasteiger partial charge in [-0.05, 0) is 45.0 Å². The number of rotatable bonds is 11. The van der Waals surface area contributed by atoms with E-state index in [2.05, 4.69) is 39.5 Å². The molecule has 0 atom stereocenters. The number of hydrogen-bond acceptors (Lipinski definition) is 4. The summed E-state index contributed by atoms with van der Waals surface area (Å²) in [5.41, 5.74) is 1.16. The Morgan fingerprint density at radius 3 is 2.83 bits per heavy atom. The number of aliphatic imine (C=N–C) groups is 1. The molecule has 0 radical (unpaired) electrons. The molecule has 6 nitrogen and oxygen atoms in total. The highest BCUT2D eigenvalue weighted by Gasteiger charge is 2.00. The Labute approximate surface area is 150 Å². The summed E-state index contributed by atoms with van der Waals surface area (Å²) in [6.07, 6.45) is 3.72. The summed E-state index contributed by atoms with van der Waals surface area (Å²) in [6, 6.07) is 3.81. The lowest BCUT2D eigenvalue weighted by Crippen LogP contribution is -2.38. The zero-order chi connectivity index (χ0) is 17.6. The second-order valence-electron chi connectivity index (χ2n) is 5.58. The van der Waals surface area contributed by atoms with Crippen molar-refractivity contribution in [2.45, 2.75) is 19.8 Å². The minimum Gasteiger partial charge on any atom is -0.383 e. The number of nitrogens with one attached hydrogen (secondary N) is 2. The summed E-state index contributed by atoms with van der Waals surface area (Å²) in [6.45, 7) is 7.26. The van der Waals surface area contributed by atoms with Gasteiger partial charge in [-0.3, -0.25) is 4.99 Å². The maximum atomic E-state index is 5.79. The van der Waals surface area contributed by atoms with Gasteiger partial charge >= 0.3 is 0 Å². The third-order valence-electron chi connectivity index (χ3n) is 3.48. The second kappa shape index (κ2) is 13.0. The first-order valence-corrected chi connectivity index (χ1v) is 8.83. The van der Waals surface area contributed by atoms with E-state index in [0.29, 0.717) is 5.15 Å². The number of pyridine rings is 1. The molecule has 0 bridgehead atoms. The molecule has 24 heavy (non-hydrogen) atoms. The van der Waals surface area contributed by atoms with Crippen molar-refractivity contribution < 1.29 is 4.74 Å². The molecule has 0 saturated heterocycles. The van der Waals surface area contributed by atoms with Crippen LogP contribution in [0.15, 0.2) is 23.3 Å². The van der Waals surface area contributed by atoms with Crippen LogP contribution < -0.4 is 10.6 Å². The van der Waals surface area contributed by atoms with E-state index in [-0.39, 0.29) is 0 Å². The van der Waals surface area contributed by atoms with Gasteiger partial charge in [0.25, 0.3) is 0 Å². The molecule has 0 amide bonds. The first kappa shape index (κ1) is 20.7. The number of ether oxygens (including phenoxy) is 1. The van der Waals surface area contributed by atoms with E-state index < -0.39 is 0 Å². The minimum atomic E-state index is 0.525. The molecule has 136 valence electrons. The van der Waals surface area contributed by atoms with Gasteiger partial charge in [-0.1, -0.05) is 17.7 Å². The molecule has 0 aliphatic rings. The second-order valence-corrected chi connectivity index (χ2v) is 5.96. The fourth-order valence-electron chi connectivity index (χ4n) is 2.11. The first-order chi connectivity index (χ1) is 11.7. The highest BCUT2D eigenvalue weighted by molar-refractivity contribution is 6.29. The molecule has 1 aromatic heterocycles. The highest BCUT2D eigenvalue weighted by atomic mass is 35.5. The monoisotopic (exact) mass is 355 g/mol. The SMILES string of the molecule is CCNC(=NCCCN(C)CCOC)NCCc1ccc(Cl)nc1. The zero-order valence-corrected chi connectivity index (χ0v) is 15.8.